The number of thiazole rings is 1. The van der Waals surface area contributed by atoms with Crippen molar-refractivity contribution in [3.05, 3.63) is 89.3 Å². The topological polar surface area (TPSA) is 42.0 Å². The van der Waals surface area contributed by atoms with Gasteiger partial charge in [0.2, 0.25) is 5.91 Å². The van der Waals surface area contributed by atoms with Crippen molar-refractivity contribution in [3.8, 4) is 22.4 Å². The molecule has 0 aliphatic heterocycles. The highest BCUT2D eigenvalue weighted by Crippen LogP contribution is 2.29. The molecule has 29 heavy (non-hydrogen) atoms. The lowest BCUT2D eigenvalue weighted by Crippen LogP contribution is -2.13. The SMILES string of the molecule is O=C(CSc1nc(-c2ccc(Cl)cc2)cs1)Nc1ccc(-c2ccccc2)cc1. The summed E-state index contributed by atoms with van der Waals surface area (Å²) < 4.78 is 0.865. The van der Waals surface area contributed by atoms with Gasteiger partial charge in [-0.05, 0) is 35.4 Å². The normalized spacial score (nSPS) is 10.7. The first-order valence-electron chi connectivity index (χ1n) is 8.97. The van der Waals surface area contributed by atoms with Crippen molar-refractivity contribution in [2.24, 2.45) is 0 Å². The number of benzene rings is 3. The second-order valence-corrected chi connectivity index (χ2v) is 8.80. The molecule has 1 aromatic heterocycles. The van der Waals surface area contributed by atoms with Crippen LogP contribution >= 0.6 is 34.7 Å². The molecule has 0 saturated carbocycles. The molecule has 0 saturated heterocycles. The van der Waals surface area contributed by atoms with E-state index in [2.05, 4.69) is 22.4 Å². The van der Waals surface area contributed by atoms with Gasteiger partial charge in [0.05, 0.1) is 11.4 Å². The van der Waals surface area contributed by atoms with E-state index in [0.29, 0.717) is 10.8 Å². The fourth-order valence-electron chi connectivity index (χ4n) is 2.78. The predicted octanol–water partition coefficient (Wildman–Crippen LogP) is 6.86. The third kappa shape index (κ3) is 5.26. The quantitative estimate of drug-likeness (QED) is 0.335. The highest BCUT2D eigenvalue weighted by Gasteiger charge is 2.09. The van der Waals surface area contributed by atoms with Crippen molar-refractivity contribution in [3.63, 3.8) is 0 Å². The van der Waals surface area contributed by atoms with Crippen LogP contribution in [0.3, 0.4) is 0 Å². The van der Waals surface area contributed by atoms with Crippen LogP contribution in [-0.2, 0) is 4.79 Å². The highest BCUT2D eigenvalue weighted by molar-refractivity contribution is 8.01. The Kier molecular flexibility index (Phi) is 6.30. The maximum Gasteiger partial charge on any atom is 0.234 e. The molecule has 144 valence electrons. The second kappa shape index (κ2) is 9.27. The minimum Gasteiger partial charge on any atom is -0.325 e. The molecule has 1 amide bonds. The lowest BCUT2D eigenvalue weighted by atomic mass is 10.1. The number of aromatic nitrogens is 1. The first-order chi connectivity index (χ1) is 14.2. The number of hydrogen-bond acceptors (Lipinski definition) is 4. The monoisotopic (exact) mass is 436 g/mol. The molecule has 0 spiro atoms. The van der Waals surface area contributed by atoms with Crippen LogP contribution < -0.4 is 5.32 Å². The molecule has 6 heteroatoms. The van der Waals surface area contributed by atoms with E-state index in [-0.39, 0.29) is 5.91 Å². The summed E-state index contributed by atoms with van der Waals surface area (Å²) >= 11 is 8.90. The van der Waals surface area contributed by atoms with Gasteiger partial charge in [-0.15, -0.1) is 11.3 Å². The molecule has 0 atom stereocenters. The minimum atomic E-state index is -0.0503. The first-order valence-corrected chi connectivity index (χ1v) is 11.2. The summed E-state index contributed by atoms with van der Waals surface area (Å²) in [5, 5.41) is 5.63. The fraction of sp³-hybridized carbons (Fsp3) is 0.0435. The summed E-state index contributed by atoms with van der Waals surface area (Å²) in [5.41, 5.74) is 4.97. The number of halogens is 1. The number of amides is 1. The van der Waals surface area contributed by atoms with Gasteiger partial charge in [-0.3, -0.25) is 4.79 Å². The maximum absolute atomic E-state index is 12.3. The minimum absolute atomic E-state index is 0.0503. The van der Waals surface area contributed by atoms with E-state index in [9.17, 15) is 4.79 Å². The third-order valence-corrected chi connectivity index (χ3v) is 6.50. The first kappa shape index (κ1) is 19.7. The zero-order chi connectivity index (χ0) is 20.1. The van der Waals surface area contributed by atoms with Crippen LogP contribution in [0.4, 0.5) is 5.69 Å². The summed E-state index contributed by atoms with van der Waals surface area (Å²) in [6, 6.07) is 25.6. The Hall–Kier alpha value is -2.60. The average molecular weight is 437 g/mol. The van der Waals surface area contributed by atoms with Gasteiger partial charge in [-0.25, -0.2) is 4.98 Å². The number of nitrogens with one attached hydrogen (secondary N) is 1. The van der Waals surface area contributed by atoms with E-state index in [4.69, 9.17) is 11.6 Å². The standard InChI is InChI=1S/C23H17ClN2OS2/c24-19-10-6-18(7-11-19)21-14-28-23(26-21)29-15-22(27)25-20-12-8-17(9-13-20)16-4-2-1-3-5-16/h1-14H,15H2,(H,25,27). The predicted molar refractivity (Wildman–Crippen MR) is 124 cm³/mol. The molecule has 1 N–H and O–H groups in total. The summed E-state index contributed by atoms with van der Waals surface area (Å²) in [4.78, 5) is 16.9. The van der Waals surface area contributed by atoms with Crippen LogP contribution in [-0.4, -0.2) is 16.6 Å². The maximum atomic E-state index is 12.3. The van der Waals surface area contributed by atoms with Gasteiger partial charge in [0.15, 0.2) is 4.34 Å². The lowest BCUT2D eigenvalue weighted by Gasteiger charge is -2.06. The lowest BCUT2D eigenvalue weighted by molar-refractivity contribution is -0.113. The molecule has 0 fully saturated rings. The van der Waals surface area contributed by atoms with Crippen LogP contribution in [0.1, 0.15) is 0 Å². The Balaban J connectivity index is 1.32. The molecule has 0 aliphatic rings. The Labute approximate surface area is 182 Å². The highest BCUT2D eigenvalue weighted by atomic mass is 35.5. The van der Waals surface area contributed by atoms with Crippen molar-refractivity contribution in [1.82, 2.24) is 4.98 Å². The van der Waals surface area contributed by atoms with Gasteiger partial charge in [0.1, 0.15) is 0 Å². The molecule has 3 aromatic carbocycles. The van der Waals surface area contributed by atoms with Gasteiger partial charge in [-0.2, -0.15) is 0 Å². The van der Waals surface area contributed by atoms with E-state index in [1.54, 1.807) is 0 Å². The second-order valence-electron chi connectivity index (χ2n) is 6.29. The van der Waals surface area contributed by atoms with E-state index in [1.165, 1.54) is 23.1 Å². The summed E-state index contributed by atoms with van der Waals surface area (Å²) in [7, 11) is 0. The summed E-state index contributed by atoms with van der Waals surface area (Å²) in [6.45, 7) is 0. The van der Waals surface area contributed by atoms with Crippen LogP contribution in [0.15, 0.2) is 88.6 Å². The molecule has 0 unspecified atom stereocenters. The molecule has 0 bridgehead atoms. The van der Waals surface area contributed by atoms with Crippen LogP contribution in [0.5, 0.6) is 0 Å². The van der Waals surface area contributed by atoms with Gasteiger partial charge in [0, 0.05) is 21.7 Å². The Bertz CT molecular complexity index is 1090. The average Bonchev–Trinajstić information content (AvgIpc) is 3.23. The molecular formula is C23H17ClN2OS2. The van der Waals surface area contributed by atoms with Crippen molar-refractivity contribution < 1.29 is 4.79 Å². The van der Waals surface area contributed by atoms with Crippen molar-refractivity contribution >= 4 is 46.3 Å². The number of thioether (sulfide) groups is 1. The zero-order valence-electron chi connectivity index (χ0n) is 15.3. The largest absolute Gasteiger partial charge is 0.325 e. The van der Waals surface area contributed by atoms with E-state index in [0.717, 1.165) is 32.4 Å². The molecule has 1 heterocycles. The number of hydrogen-bond donors (Lipinski definition) is 1. The van der Waals surface area contributed by atoms with Crippen molar-refractivity contribution in [1.29, 1.82) is 0 Å². The Morgan fingerprint density at radius 3 is 2.28 bits per heavy atom. The van der Waals surface area contributed by atoms with Crippen molar-refractivity contribution in [2.75, 3.05) is 11.1 Å². The van der Waals surface area contributed by atoms with Crippen LogP contribution in [0, 0.1) is 0 Å². The number of carbonyl (C=O) groups is 1. The molecule has 3 nitrogen and oxygen atoms in total. The van der Waals surface area contributed by atoms with Crippen LogP contribution in [0.2, 0.25) is 5.02 Å². The summed E-state index contributed by atoms with van der Waals surface area (Å²) in [5.74, 6) is 0.263. The summed E-state index contributed by atoms with van der Waals surface area (Å²) in [6.07, 6.45) is 0. The molecule has 0 radical (unpaired) electrons. The van der Waals surface area contributed by atoms with Gasteiger partial charge >= 0.3 is 0 Å². The number of nitrogens with zero attached hydrogens (tertiary/aromatic N) is 1. The Morgan fingerprint density at radius 1 is 0.897 bits per heavy atom. The number of anilines is 1. The molecular weight excluding hydrogens is 420 g/mol. The number of rotatable bonds is 6. The molecule has 0 aliphatic carbocycles. The van der Waals surface area contributed by atoms with E-state index < -0.39 is 0 Å². The van der Waals surface area contributed by atoms with E-state index in [1.807, 2.05) is 72.1 Å². The smallest absolute Gasteiger partial charge is 0.234 e. The van der Waals surface area contributed by atoms with Gasteiger partial charge in [-0.1, -0.05) is 78.0 Å². The molecule has 4 rings (SSSR count). The molecule has 4 aromatic rings. The van der Waals surface area contributed by atoms with E-state index >= 15 is 0 Å². The van der Waals surface area contributed by atoms with Gasteiger partial charge in [0.25, 0.3) is 0 Å². The zero-order valence-corrected chi connectivity index (χ0v) is 17.7. The number of carbonyl (C=O) groups excluding carboxylic acids is 1. The van der Waals surface area contributed by atoms with Gasteiger partial charge < -0.3 is 5.32 Å². The third-order valence-electron chi connectivity index (χ3n) is 4.23. The Morgan fingerprint density at radius 2 is 1.55 bits per heavy atom. The van der Waals surface area contributed by atoms with Crippen LogP contribution in [0.25, 0.3) is 22.4 Å². The fourth-order valence-corrected chi connectivity index (χ4v) is 4.54. The van der Waals surface area contributed by atoms with Crippen molar-refractivity contribution in [2.45, 2.75) is 4.34 Å².